The van der Waals surface area contributed by atoms with Crippen LogP contribution in [-0.4, -0.2) is 14.1 Å². The van der Waals surface area contributed by atoms with E-state index in [1.807, 2.05) is 40.6 Å². The largest absolute Gasteiger partial charge is 0.326 e. The molecule has 0 N–H and O–H groups in total. The molecule has 6 nitrogen and oxygen atoms in total. The molecule has 0 aliphatic heterocycles. The van der Waals surface area contributed by atoms with Crippen molar-refractivity contribution in [2.24, 2.45) is 0 Å². The summed E-state index contributed by atoms with van der Waals surface area (Å²) in [5.41, 5.74) is 1.25. The lowest BCUT2D eigenvalue weighted by Crippen LogP contribution is -2.04. The van der Waals surface area contributed by atoms with E-state index in [4.69, 9.17) is 0 Å². The monoisotopic (exact) mass is 280 g/mol. The Balaban J connectivity index is 2.42. The molecule has 21 heavy (non-hydrogen) atoms. The molecule has 0 amide bonds. The lowest BCUT2D eigenvalue weighted by molar-refractivity contribution is -0.384. The van der Waals surface area contributed by atoms with E-state index in [1.54, 1.807) is 6.07 Å². The van der Waals surface area contributed by atoms with Gasteiger partial charge < -0.3 is 9.13 Å². The Bertz CT molecular complexity index is 869. The number of nitro groups is 1. The highest BCUT2D eigenvalue weighted by atomic mass is 16.6. The molecule has 0 saturated heterocycles. The second-order valence-corrected chi connectivity index (χ2v) is 4.60. The first-order valence-electron chi connectivity index (χ1n) is 6.51. The van der Waals surface area contributed by atoms with Gasteiger partial charge in [-0.2, -0.15) is 5.26 Å². The maximum absolute atomic E-state index is 11.0. The van der Waals surface area contributed by atoms with Crippen LogP contribution in [-0.2, 0) is 6.54 Å². The Morgan fingerprint density at radius 2 is 2.05 bits per heavy atom. The summed E-state index contributed by atoms with van der Waals surface area (Å²) in [6.07, 6.45) is 3.71. The average Bonchev–Trinajstić information content (AvgIpc) is 3.11. The Hall–Kier alpha value is -3.07. The van der Waals surface area contributed by atoms with E-state index < -0.39 is 4.92 Å². The number of nitriles is 1. The normalized spacial score (nSPS) is 10.7. The van der Waals surface area contributed by atoms with Gasteiger partial charge in [-0.25, -0.2) is 0 Å². The van der Waals surface area contributed by atoms with Gasteiger partial charge in [-0.1, -0.05) is 0 Å². The summed E-state index contributed by atoms with van der Waals surface area (Å²) in [6, 6.07) is 10.6. The highest BCUT2D eigenvalue weighted by Gasteiger charge is 2.19. The van der Waals surface area contributed by atoms with Gasteiger partial charge in [-0.15, -0.1) is 0 Å². The standard InChI is InChI=1S/C15H12N4O2/c1-2-18-14-9-11(19(20)21)5-6-12(14)13(10-16)15(18)17-7-3-4-8-17/h3-9H,2H2,1H3. The number of rotatable bonds is 3. The molecule has 3 rings (SSSR count). The molecule has 2 aromatic heterocycles. The highest BCUT2D eigenvalue weighted by molar-refractivity contribution is 5.92. The minimum Gasteiger partial charge on any atom is -0.326 e. The first-order chi connectivity index (χ1) is 10.2. The lowest BCUT2D eigenvalue weighted by atomic mass is 10.1. The molecule has 0 aliphatic rings. The topological polar surface area (TPSA) is 76.8 Å². The SMILES string of the molecule is CCn1c(-n2cccc2)c(C#N)c2ccc([N+](=O)[O-])cc21. The van der Waals surface area contributed by atoms with Crippen molar-refractivity contribution in [1.82, 2.24) is 9.13 Å². The smallest absolute Gasteiger partial charge is 0.271 e. The number of fused-ring (bicyclic) bond motifs is 1. The average molecular weight is 280 g/mol. The Morgan fingerprint density at radius 3 is 2.62 bits per heavy atom. The third kappa shape index (κ3) is 1.87. The van der Waals surface area contributed by atoms with Crippen molar-refractivity contribution >= 4 is 16.6 Å². The fourth-order valence-corrected chi connectivity index (χ4v) is 2.61. The number of non-ortho nitro benzene ring substituents is 1. The van der Waals surface area contributed by atoms with Crippen molar-refractivity contribution in [3.63, 3.8) is 0 Å². The van der Waals surface area contributed by atoms with Crippen LogP contribution in [0.25, 0.3) is 16.7 Å². The second-order valence-electron chi connectivity index (χ2n) is 4.60. The van der Waals surface area contributed by atoms with E-state index in [9.17, 15) is 15.4 Å². The fourth-order valence-electron chi connectivity index (χ4n) is 2.61. The van der Waals surface area contributed by atoms with Crippen molar-refractivity contribution in [2.45, 2.75) is 13.5 Å². The molecule has 0 aliphatic carbocycles. The van der Waals surface area contributed by atoms with E-state index in [2.05, 4.69) is 6.07 Å². The van der Waals surface area contributed by atoms with Gasteiger partial charge in [-0.3, -0.25) is 10.1 Å². The molecule has 6 heteroatoms. The zero-order valence-corrected chi connectivity index (χ0v) is 11.4. The molecule has 0 spiro atoms. The van der Waals surface area contributed by atoms with Crippen LogP contribution in [0.15, 0.2) is 42.7 Å². The van der Waals surface area contributed by atoms with E-state index in [0.29, 0.717) is 17.6 Å². The summed E-state index contributed by atoms with van der Waals surface area (Å²) in [5, 5.41) is 21.2. The van der Waals surface area contributed by atoms with Gasteiger partial charge in [0.15, 0.2) is 0 Å². The Morgan fingerprint density at radius 1 is 1.33 bits per heavy atom. The summed E-state index contributed by atoms with van der Waals surface area (Å²) < 4.78 is 3.77. The van der Waals surface area contributed by atoms with Crippen molar-refractivity contribution in [3.05, 3.63) is 58.4 Å². The van der Waals surface area contributed by atoms with Crippen molar-refractivity contribution < 1.29 is 4.92 Å². The molecule has 0 atom stereocenters. The van der Waals surface area contributed by atoms with Crippen LogP contribution in [0.3, 0.4) is 0 Å². The summed E-state index contributed by atoms with van der Waals surface area (Å²) in [6.45, 7) is 2.57. The predicted molar refractivity (Wildman–Crippen MR) is 78.3 cm³/mol. The number of hydrogen-bond donors (Lipinski definition) is 0. The zero-order chi connectivity index (χ0) is 15.0. The molecule has 0 saturated carbocycles. The number of benzene rings is 1. The van der Waals surface area contributed by atoms with Gasteiger partial charge in [0.1, 0.15) is 17.5 Å². The Kier molecular flexibility index (Phi) is 2.95. The van der Waals surface area contributed by atoms with E-state index >= 15 is 0 Å². The molecule has 1 aromatic carbocycles. The van der Waals surface area contributed by atoms with E-state index in [-0.39, 0.29) is 5.69 Å². The molecule has 0 bridgehead atoms. The van der Waals surface area contributed by atoms with Gasteiger partial charge in [0, 0.05) is 36.5 Å². The molecule has 2 heterocycles. The number of aryl methyl sites for hydroxylation is 1. The van der Waals surface area contributed by atoms with E-state index in [1.165, 1.54) is 12.1 Å². The first-order valence-corrected chi connectivity index (χ1v) is 6.51. The molecule has 104 valence electrons. The number of nitro benzene ring substituents is 1. The lowest BCUT2D eigenvalue weighted by Gasteiger charge is -2.09. The van der Waals surface area contributed by atoms with Gasteiger partial charge >= 0.3 is 0 Å². The maximum Gasteiger partial charge on any atom is 0.271 e. The van der Waals surface area contributed by atoms with Crippen LogP contribution in [0.5, 0.6) is 0 Å². The maximum atomic E-state index is 11.0. The summed E-state index contributed by atoms with van der Waals surface area (Å²) in [7, 11) is 0. The Labute approximate surface area is 120 Å². The van der Waals surface area contributed by atoms with Gasteiger partial charge in [0.2, 0.25) is 0 Å². The van der Waals surface area contributed by atoms with Gasteiger partial charge in [0.25, 0.3) is 5.69 Å². The number of nitrogens with zero attached hydrogens (tertiary/aromatic N) is 4. The van der Waals surface area contributed by atoms with Crippen LogP contribution in [0.4, 0.5) is 5.69 Å². The summed E-state index contributed by atoms with van der Waals surface area (Å²) in [4.78, 5) is 10.5. The molecule has 0 unspecified atom stereocenters. The van der Waals surface area contributed by atoms with Crippen molar-refractivity contribution in [1.29, 1.82) is 5.26 Å². The van der Waals surface area contributed by atoms with Gasteiger partial charge in [0.05, 0.1) is 10.4 Å². The fraction of sp³-hybridized carbons (Fsp3) is 0.133. The van der Waals surface area contributed by atoms with Crippen LogP contribution in [0.2, 0.25) is 0 Å². The van der Waals surface area contributed by atoms with Crippen LogP contribution in [0, 0.1) is 21.4 Å². The quantitative estimate of drug-likeness (QED) is 0.546. The number of aromatic nitrogens is 2. The third-order valence-corrected chi connectivity index (χ3v) is 3.51. The molecule has 0 radical (unpaired) electrons. The molecule has 0 fully saturated rings. The highest BCUT2D eigenvalue weighted by Crippen LogP contribution is 2.31. The predicted octanol–water partition coefficient (Wildman–Crippen LogP) is 3.23. The van der Waals surface area contributed by atoms with Crippen LogP contribution >= 0.6 is 0 Å². The molecular formula is C15H12N4O2. The minimum absolute atomic E-state index is 0.0262. The second kappa shape index (κ2) is 4.80. The van der Waals surface area contributed by atoms with Crippen LogP contribution < -0.4 is 0 Å². The molecular weight excluding hydrogens is 268 g/mol. The van der Waals surface area contributed by atoms with E-state index in [0.717, 1.165) is 11.2 Å². The zero-order valence-electron chi connectivity index (χ0n) is 11.4. The first kappa shape index (κ1) is 12.9. The van der Waals surface area contributed by atoms with Crippen molar-refractivity contribution in [3.8, 4) is 11.9 Å². The minimum atomic E-state index is -0.423. The van der Waals surface area contributed by atoms with Crippen LogP contribution in [0.1, 0.15) is 12.5 Å². The number of hydrogen-bond acceptors (Lipinski definition) is 3. The summed E-state index contributed by atoms with van der Waals surface area (Å²) in [5.74, 6) is 0.737. The third-order valence-electron chi connectivity index (χ3n) is 3.51. The molecule has 3 aromatic rings. The van der Waals surface area contributed by atoms with Crippen molar-refractivity contribution in [2.75, 3.05) is 0 Å². The van der Waals surface area contributed by atoms with Gasteiger partial charge in [-0.05, 0) is 25.1 Å². The summed E-state index contributed by atoms with van der Waals surface area (Å²) >= 11 is 0.